The molecule has 0 spiro atoms. The molecule has 1 aliphatic rings. The van der Waals surface area contributed by atoms with E-state index in [0.717, 1.165) is 30.9 Å². The van der Waals surface area contributed by atoms with Crippen LogP contribution < -0.4 is 14.8 Å². The first-order valence-electron chi connectivity index (χ1n) is 9.82. The van der Waals surface area contributed by atoms with E-state index < -0.39 is 32.3 Å². The quantitative estimate of drug-likeness (QED) is 0.375. The number of nitrogens with zero attached hydrogens (tertiary/aromatic N) is 4. The fourth-order valence-electron chi connectivity index (χ4n) is 3.36. The van der Waals surface area contributed by atoms with Gasteiger partial charge in [0.15, 0.2) is 11.6 Å². The van der Waals surface area contributed by atoms with Crippen molar-refractivity contribution in [1.29, 1.82) is 0 Å². The maximum Gasteiger partial charge on any atom is 0.266 e. The molecule has 0 amide bonds. The molecule has 2 aromatic heterocycles. The molecule has 5 rings (SSSR count). The number of sulfonamides is 1. The van der Waals surface area contributed by atoms with Crippen LogP contribution in [0.1, 0.15) is 6.04 Å². The number of halogens is 3. The zero-order valence-electron chi connectivity index (χ0n) is 17.1. The third-order valence-electron chi connectivity index (χ3n) is 5.07. The summed E-state index contributed by atoms with van der Waals surface area (Å²) in [5.41, 5.74) is 1.21. The Kier molecular flexibility index (Phi) is 5.93. The lowest BCUT2D eigenvalue weighted by Gasteiger charge is -2.29. The van der Waals surface area contributed by atoms with Crippen LogP contribution in [-0.2, 0) is 10.0 Å². The number of benzene rings is 2. The molecule has 34 heavy (non-hydrogen) atoms. The van der Waals surface area contributed by atoms with Crippen LogP contribution in [0.25, 0.3) is 11.3 Å². The SMILES string of the molecule is O=S(=O)(Nc1ncns1)c1cc(F)c(Oc2ccc(Cl)cc2-c2ccnn2C2CNC2)cc1F. The van der Waals surface area contributed by atoms with Crippen molar-refractivity contribution in [1.82, 2.24) is 24.5 Å². The molecular weight excluding hydrogens is 510 g/mol. The van der Waals surface area contributed by atoms with Gasteiger partial charge >= 0.3 is 0 Å². The summed E-state index contributed by atoms with van der Waals surface area (Å²) in [6.07, 6.45) is 2.76. The van der Waals surface area contributed by atoms with Crippen LogP contribution >= 0.6 is 23.1 Å². The van der Waals surface area contributed by atoms with Gasteiger partial charge in [0.25, 0.3) is 10.0 Å². The van der Waals surface area contributed by atoms with Crippen molar-refractivity contribution in [3.63, 3.8) is 0 Å². The molecule has 14 heteroatoms. The van der Waals surface area contributed by atoms with Crippen molar-refractivity contribution in [3.05, 3.63) is 65.6 Å². The normalized spacial score (nSPS) is 14.1. The van der Waals surface area contributed by atoms with Gasteiger partial charge in [-0.05, 0) is 24.3 Å². The average molecular weight is 525 g/mol. The number of hydrogen-bond acceptors (Lipinski definition) is 8. The lowest BCUT2D eigenvalue weighted by molar-refractivity contribution is 0.321. The van der Waals surface area contributed by atoms with Crippen LogP contribution in [0, 0.1) is 11.6 Å². The Balaban J connectivity index is 1.49. The maximum absolute atomic E-state index is 14.9. The van der Waals surface area contributed by atoms with Gasteiger partial charge in [-0.15, -0.1) is 0 Å². The molecule has 0 saturated carbocycles. The summed E-state index contributed by atoms with van der Waals surface area (Å²) < 4.78 is 67.8. The average Bonchev–Trinajstić information content (AvgIpc) is 3.42. The Hall–Kier alpha value is -3.13. The van der Waals surface area contributed by atoms with Crippen LogP contribution in [0.2, 0.25) is 5.02 Å². The van der Waals surface area contributed by atoms with E-state index >= 15 is 0 Å². The molecule has 2 aromatic carbocycles. The van der Waals surface area contributed by atoms with Crippen LogP contribution in [0.15, 0.2) is 53.8 Å². The molecule has 2 N–H and O–H groups in total. The molecule has 1 aliphatic heterocycles. The van der Waals surface area contributed by atoms with E-state index in [1.54, 1.807) is 29.1 Å². The zero-order chi connectivity index (χ0) is 23.9. The molecule has 0 aliphatic carbocycles. The van der Waals surface area contributed by atoms with Crippen LogP contribution in [-0.4, -0.2) is 40.6 Å². The van der Waals surface area contributed by atoms with E-state index in [4.69, 9.17) is 16.3 Å². The highest BCUT2D eigenvalue weighted by molar-refractivity contribution is 7.93. The first-order valence-corrected chi connectivity index (χ1v) is 12.5. The lowest BCUT2D eigenvalue weighted by atomic mass is 10.1. The summed E-state index contributed by atoms with van der Waals surface area (Å²) in [5, 5.41) is 7.86. The molecule has 3 heterocycles. The summed E-state index contributed by atoms with van der Waals surface area (Å²) >= 11 is 6.94. The fourth-order valence-corrected chi connectivity index (χ4v) is 5.26. The highest BCUT2D eigenvalue weighted by atomic mass is 35.5. The van der Waals surface area contributed by atoms with E-state index in [0.29, 0.717) is 28.4 Å². The predicted molar refractivity (Wildman–Crippen MR) is 122 cm³/mol. The van der Waals surface area contributed by atoms with Crippen LogP contribution in [0.4, 0.5) is 13.9 Å². The highest BCUT2D eigenvalue weighted by Crippen LogP contribution is 2.38. The molecule has 1 fully saturated rings. The predicted octanol–water partition coefficient (Wildman–Crippen LogP) is 4.07. The minimum Gasteiger partial charge on any atom is -0.453 e. The summed E-state index contributed by atoms with van der Waals surface area (Å²) in [7, 11) is -4.43. The number of aromatic nitrogens is 4. The van der Waals surface area contributed by atoms with Crippen molar-refractivity contribution in [2.45, 2.75) is 10.9 Å². The monoisotopic (exact) mass is 524 g/mol. The number of anilines is 1. The van der Waals surface area contributed by atoms with Crippen molar-refractivity contribution in [2.24, 2.45) is 0 Å². The molecule has 4 aromatic rings. The second-order valence-electron chi connectivity index (χ2n) is 7.28. The topological polar surface area (TPSA) is 111 Å². The summed E-state index contributed by atoms with van der Waals surface area (Å²) in [6.45, 7) is 1.48. The summed E-state index contributed by atoms with van der Waals surface area (Å²) in [5.74, 6) is -2.57. The molecule has 1 saturated heterocycles. The smallest absolute Gasteiger partial charge is 0.266 e. The second-order valence-corrected chi connectivity index (χ2v) is 10.1. The first-order chi connectivity index (χ1) is 16.3. The third kappa shape index (κ3) is 4.34. The number of rotatable bonds is 7. The minimum absolute atomic E-state index is 0.0794. The standard InChI is InChI=1S/C20H15ClF2N6O3S2/c21-11-1-2-17(13(5-11)16-3-4-26-29(16)12-8-24-9-12)32-18-6-15(23)19(7-14(18)22)34(30,31)28-20-25-10-27-33-20/h1-7,10,12,24H,8-9H2,(H,25,27,28). The van der Waals surface area contributed by atoms with E-state index in [9.17, 15) is 17.2 Å². The van der Waals surface area contributed by atoms with E-state index in [-0.39, 0.29) is 16.9 Å². The van der Waals surface area contributed by atoms with Gasteiger partial charge in [-0.25, -0.2) is 22.2 Å². The Labute approximate surface area is 201 Å². The Morgan fingerprint density at radius 1 is 1.15 bits per heavy atom. The Bertz CT molecular complexity index is 1460. The van der Waals surface area contributed by atoms with Crippen molar-refractivity contribution < 1.29 is 21.9 Å². The largest absolute Gasteiger partial charge is 0.453 e. The Morgan fingerprint density at radius 2 is 1.97 bits per heavy atom. The van der Waals surface area contributed by atoms with Gasteiger partial charge in [0, 0.05) is 53.5 Å². The van der Waals surface area contributed by atoms with Crippen LogP contribution in [0.5, 0.6) is 11.5 Å². The fraction of sp³-hybridized carbons (Fsp3) is 0.150. The molecule has 9 nitrogen and oxygen atoms in total. The second kappa shape index (κ2) is 8.91. The van der Waals surface area contributed by atoms with Gasteiger partial charge in [-0.1, -0.05) is 11.6 Å². The van der Waals surface area contributed by atoms with Crippen molar-refractivity contribution >= 4 is 38.3 Å². The molecule has 0 radical (unpaired) electrons. The number of nitrogens with one attached hydrogen (secondary N) is 2. The molecule has 0 atom stereocenters. The van der Waals surface area contributed by atoms with Crippen molar-refractivity contribution in [3.8, 4) is 22.8 Å². The highest BCUT2D eigenvalue weighted by Gasteiger charge is 2.26. The first kappa shape index (κ1) is 22.7. The van der Waals surface area contributed by atoms with E-state index in [2.05, 4.69) is 24.5 Å². The molecule has 0 bridgehead atoms. The van der Waals surface area contributed by atoms with Gasteiger partial charge in [0.1, 0.15) is 22.8 Å². The van der Waals surface area contributed by atoms with Gasteiger partial charge < -0.3 is 10.1 Å². The molecule has 0 unspecified atom stereocenters. The van der Waals surface area contributed by atoms with E-state index in [1.165, 1.54) is 6.07 Å². The molecular formula is C20H15ClF2N6O3S2. The Morgan fingerprint density at radius 3 is 2.68 bits per heavy atom. The van der Waals surface area contributed by atoms with Crippen molar-refractivity contribution in [2.75, 3.05) is 17.8 Å². The van der Waals surface area contributed by atoms with Gasteiger partial charge in [-0.3, -0.25) is 9.40 Å². The van der Waals surface area contributed by atoms with Gasteiger partial charge in [0.05, 0.1) is 11.7 Å². The molecule has 176 valence electrons. The van der Waals surface area contributed by atoms with E-state index in [1.807, 2.05) is 0 Å². The number of hydrogen-bond donors (Lipinski definition) is 2. The summed E-state index contributed by atoms with van der Waals surface area (Å²) in [4.78, 5) is 2.79. The minimum atomic E-state index is -4.43. The van der Waals surface area contributed by atoms with Crippen LogP contribution in [0.3, 0.4) is 0 Å². The number of ether oxygens (including phenoxy) is 1. The maximum atomic E-state index is 14.9. The van der Waals surface area contributed by atoms with Gasteiger partial charge in [0.2, 0.25) is 5.13 Å². The lowest BCUT2D eigenvalue weighted by Crippen LogP contribution is -2.44. The van der Waals surface area contributed by atoms with Gasteiger partial charge in [-0.2, -0.15) is 9.47 Å². The summed E-state index contributed by atoms with van der Waals surface area (Å²) in [6, 6.07) is 7.83. The third-order valence-corrected chi connectivity index (χ3v) is 7.37. The zero-order valence-corrected chi connectivity index (χ0v) is 19.5.